The largest absolute Gasteiger partial charge is 0.357 e. The van der Waals surface area contributed by atoms with E-state index in [9.17, 15) is 0 Å². The molecule has 8 nitrogen and oxygen atoms in total. The summed E-state index contributed by atoms with van der Waals surface area (Å²) >= 11 is 0. The van der Waals surface area contributed by atoms with Crippen molar-refractivity contribution in [3.05, 3.63) is 60.4 Å². The van der Waals surface area contributed by atoms with Gasteiger partial charge in [-0.15, -0.1) is 24.0 Å². The Hall–Kier alpha value is -2.43. The Morgan fingerprint density at radius 3 is 2.78 bits per heavy atom. The highest BCUT2D eigenvalue weighted by Gasteiger charge is 2.10. The van der Waals surface area contributed by atoms with Crippen molar-refractivity contribution in [1.82, 2.24) is 35.2 Å². The Kier molecular flexibility index (Phi) is 7.77. The summed E-state index contributed by atoms with van der Waals surface area (Å²) in [4.78, 5) is 8.81. The van der Waals surface area contributed by atoms with Crippen molar-refractivity contribution < 1.29 is 0 Å². The summed E-state index contributed by atoms with van der Waals surface area (Å²) in [7, 11) is 1.86. The van der Waals surface area contributed by atoms with Crippen LogP contribution in [0.2, 0.25) is 0 Å². The molecule has 1 unspecified atom stereocenters. The molecule has 1 aromatic carbocycles. The van der Waals surface area contributed by atoms with Gasteiger partial charge in [-0.05, 0) is 37.6 Å². The van der Waals surface area contributed by atoms with Crippen molar-refractivity contribution in [3.63, 3.8) is 0 Å². The summed E-state index contributed by atoms with van der Waals surface area (Å²) in [6.45, 7) is 5.40. The third kappa shape index (κ3) is 5.52. The van der Waals surface area contributed by atoms with Crippen LogP contribution in [0.1, 0.15) is 31.3 Å². The molecule has 3 aromatic rings. The highest BCUT2D eigenvalue weighted by molar-refractivity contribution is 14.0. The van der Waals surface area contributed by atoms with Crippen LogP contribution >= 0.6 is 24.0 Å². The second-order valence-corrected chi connectivity index (χ2v) is 5.91. The third-order valence-corrected chi connectivity index (χ3v) is 4.02. The number of aromatic nitrogens is 5. The fourth-order valence-electron chi connectivity index (χ4n) is 2.58. The maximum absolute atomic E-state index is 4.61. The molecule has 0 amide bonds. The molecule has 144 valence electrons. The quantitative estimate of drug-likeness (QED) is 0.322. The third-order valence-electron chi connectivity index (χ3n) is 4.02. The molecule has 1 atom stereocenters. The van der Waals surface area contributed by atoms with Crippen molar-refractivity contribution >= 4 is 29.9 Å². The number of hydrogen-bond donors (Lipinski definition) is 2. The molecule has 0 aliphatic carbocycles. The van der Waals surface area contributed by atoms with Gasteiger partial charge in [0.1, 0.15) is 18.7 Å². The first-order valence-corrected chi connectivity index (χ1v) is 8.65. The van der Waals surface area contributed by atoms with E-state index in [1.165, 1.54) is 6.33 Å². The zero-order chi connectivity index (χ0) is 18.4. The van der Waals surface area contributed by atoms with Crippen molar-refractivity contribution in [1.29, 1.82) is 0 Å². The maximum atomic E-state index is 4.61. The lowest BCUT2D eigenvalue weighted by molar-refractivity contribution is 0.671. The highest BCUT2D eigenvalue weighted by atomic mass is 127. The molecule has 0 fully saturated rings. The fraction of sp³-hybridized carbons (Fsp3) is 0.333. The number of rotatable bonds is 6. The molecule has 2 N–H and O–H groups in total. The smallest absolute Gasteiger partial charge is 0.192 e. The van der Waals surface area contributed by atoms with Crippen LogP contribution in [0.15, 0.2) is 54.0 Å². The van der Waals surface area contributed by atoms with E-state index in [1.54, 1.807) is 10.9 Å². The van der Waals surface area contributed by atoms with Gasteiger partial charge in [-0.3, -0.25) is 4.68 Å². The SMILES string of the molecule is CCNC(=NCc1ncnn1C)NC(C)c1cccc(-n2cccn2)c1.I. The number of benzene rings is 1. The van der Waals surface area contributed by atoms with Crippen LogP contribution in [0, 0.1) is 0 Å². The first-order valence-electron chi connectivity index (χ1n) is 8.65. The van der Waals surface area contributed by atoms with Gasteiger partial charge in [-0.1, -0.05) is 12.1 Å². The molecule has 0 aliphatic heterocycles. The van der Waals surface area contributed by atoms with E-state index in [1.807, 2.05) is 43.0 Å². The van der Waals surface area contributed by atoms with Crippen LogP contribution < -0.4 is 10.6 Å². The molecule has 3 rings (SSSR count). The van der Waals surface area contributed by atoms with Crippen molar-refractivity contribution in [2.24, 2.45) is 12.0 Å². The Labute approximate surface area is 176 Å². The maximum Gasteiger partial charge on any atom is 0.192 e. The van der Waals surface area contributed by atoms with Gasteiger partial charge >= 0.3 is 0 Å². The van der Waals surface area contributed by atoms with E-state index in [4.69, 9.17) is 0 Å². The van der Waals surface area contributed by atoms with Gasteiger partial charge in [0.15, 0.2) is 5.96 Å². The van der Waals surface area contributed by atoms with E-state index in [-0.39, 0.29) is 30.0 Å². The minimum Gasteiger partial charge on any atom is -0.357 e. The zero-order valence-electron chi connectivity index (χ0n) is 15.7. The van der Waals surface area contributed by atoms with Crippen LogP contribution in [0.3, 0.4) is 0 Å². The topological polar surface area (TPSA) is 85.0 Å². The van der Waals surface area contributed by atoms with E-state index in [0.717, 1.165) is 29.6 Å². The lowest BCUT2D eigenvalue weighted by Crippen LogP contribution is -2.38. The number of nitrogens with one attached hydrogen (secondary N) is 2. The van der Waals surface area contributed by atoms with E-state index in [2.05, 4.69) is 49.9 Å². The highest BCUT2D eigenvalue weighted by Crippen LogP contribution is 2.16. The lowest BCUT2D eigenvalue weighted by Gasteiger charge is -2.19. The first kappa shape index (κ1) is 20.9. The van der Waals surface area contributed by atoms with Crippen LogP contribution in [0.5, 0.6) is 0 Å². The lowest BCUT2D eigenvalue weighted by atomic mass is 10.1. The van der Waals surface area contributed by atoms with Crippen LogP contribution in [0.25, 0.3) is 5.69 Å². The Morgan fingerprint density at radius 2 is 2.11 bits per heavy atom. The number of guanidine groups is 1. The number of halogens is 1. The molecule has 2 heterocycles. The molecule has 9 heteroatoms. The van der Waals surface area contributed by atoms with Gasteiger partial charge in [0, 0.05) is 26.0 Å². The minimum atomic E-state index is 0. The summed E-state index contributed by atoms with van der Waals surface area (Å²) in [6, 6.07) is 10.3. The molecule has 2 aromatic heterocycles. The average molecular weight is 480 g/mol. The molecule has 0 saturated carbocycles. The summed E-state index contributed by atoms with van der Waals surface area (Å²) < 4.78 is 3.58. The van der Waals surface area contributed by atoms with Crippen molar-refractivity contribution in [2.75, 3.05) is 6.54 Å². The van der Waals surface area contributed by atoms with Crippen LogP contribution in [0.4, 0.5) is 0 Å². The van der Waals surface area contributed by atoms with E-state index in [0.29, 0.717) is 6.54 Å². The second-order valence-electron chi connectivity index (χ2n) is 5.91. The standard InChI is InChI=1S/C18H24N8.HI/c1-4-19-18(20-12-17-21-13-23-25(17)3)24-14(2)15-7-5-8-16(11-15)26-10-6-9-22-26;/h5-11,13-14H,4,12H2,1-3H3,(H2,19,20,24);1H. The van der Waals surface area contributed by atoms with Gasteiger partial charge in [-0.25, -0.2) is 14.7 Å². The summed E-state index contributed by atoms with van der Waals surface area (Å²) in [5, 5.41) is 15.1. The molecule has 0 saturated heterocycles. The predicted octanol–water partition coefficient (Wildman–Crippen LogP) is 2.44. The van der Waals surface area contributed by atoms with Gasteiger partial charge in [0.2, 0.25) is 0 Å². The van der Waals surface area contributed by atoms with Gasteiger partial charge in [0.25, 0.3) is 0 Å². The van der Waals surface area contributed by atoms with Crippen molar-refractivity contribution in [2.45, 2.75) is 26.4 Å². The summed E-state index contributed by atoms with van der Waals surface area (Å²) in [6.07, 6.45) is 5.25. The number of aliphatic imine (C=N–C) groups is 1. The normalized spacial score (nSPS) is 12.3. The van der Waals surface area contributed by atoms with E-state index >= 15 is 0 Å². The van der Waals surface area contributed by atoms with Crippen molar-refractivity contribution in [3.8, 4) is 5.69 Å². The average Bonchev–Trinajstić information content (AvgIpc) is 3.32. The number of nitrogens with zero attached hydrogens (tertiary/aromatic N) is 6. The minimum absolute atomic E-state index is 0. The van der Waals surface area contributed by atoms with Gasteiger partial charge < -0.3 is 10.6 Å². The molecular weight excluding hydrogens is 455 g/mol. The molecule has 0 bridgehead atoms. The Morgan fingerprint density at radius 1 is 1.26 bits per heavy atom. The van der Waals surface area contributed by atoms with Crippen LogP contribution in [-0.4, -0.2) is 37.0 Å². The fourth-order valence-corrected chi connectivity index (χ4v) is 2.58. The molecule has 0 spiro atoms. The van der Waals surface area contributed by atoms with Gasteiger partial charge in [-0.2, -0.15) is 10.2 Å². The van der Waals surface area contributed by atoms with E-state index < -0.39 is 0 Å². The molecule has 0 radical (unpaired) electrons. The first-order chi connectivity index (χ1) is 12.7. The Bertz CT molecular complexity index is 856. The molecular formula is C18H25IN8. The number of hydrogen-bond acceptors (Lipinski definition) is 4. The number of aryl methyl sites for hydroxylation is 1. The summed E-state index contributed by atoms with van der Waals surface area (Å²) in [5.74, 6) is 1.56. The second kappa shape index (κ2) is 10.0. The molecule has 0 aliphatic rings. The molecule has 27 heavy (non-hydrogen) atoms. The summed E-state index contributed by atoms with van der Waals surface area (Å²) in [5.41, 5.74) is 2.18. The zero-order valence-corrected chi connectivity index (χ0v) is 18.0. The predicted molar refractivity (Wildman–Crippen MR) is 116 cm³/mol. The monoisotopic (exact) mass is 480 g/mol. The van der Waals surface area contributed by atoms with Crippen LogP contribution in [-0.2, 0) is 13.6 Å². The Balaban J connectivity index is 0.00000261. The van der Waals surface area contributed by atoms with Gasteiger partial charge in [0.05, 0.1) is 11.7 Å².